The number of hydrogen-bond acceptors (Lipinski definition) is 1. The van der Waals surface area contributed by atoms with Crippen molar-refractivity contribution in [1.82, 2.24) is 9.78 Å². The third-order valence-electron chi connectivity index (χ3n) is 2.91. The minimum absolute atomic E-state index is 0.273. The zero-order valence-electron chi connectivity index (χ0n) is 11.3. The predicted octanol–water partition coefficient (Wildman–Crippen LogP) is 4.86. The largest absolute Gasteiger partial charge is 0.266 e. The van der Waals surface area contributed by atoms with Crippen LogP contribution in [0.5, 0.6) is 0 Å². The lowest BCUT2D eigenvalue weighted by atomic mass is 9.89. The third-order valence-corrected chi connectivity index (χ3v) is 5.06. The van der Waals surface area contributed by atoms with Gasteiger partial charge in [-0.05, 0) is 32.1 Å². The summed E-state index contributed by atoms with van der Waals surface area (Å²) in [6, 6.07) is 0.362. The lowest BCUT2D eigenvalue weighted by Gasteiger charge is -2.25. The van der Waals surface area contributed by atoms with Crippen LogP contribution in [0.4, 0.5) is 0 Å². The van der Waals surface area contributed by atoms with E-state index in [1.807, 2.05) is 4.68 Å². The van der Waals surface area contributed by atoms with Crippen molar-refractivity contribution < 1.29 is 0 Å². The van der Waals surface area contributed by atoms with Crippen LogP contribution in [0.15, 0.2) is 6.20 Å². The molecule has 0 aliphatic rings. The maximum absolute atomic E-state index is 6.19. The number of rotatable bonds is 4. The fraction of sp³-hybridized carbons (Fsp3) is 0.769. The van der Waals surface area contributed by atoms with E-state index in [0.717, 1.165) is 23.6 Å². The normalized spacial score (nSPS) is 14.4. The molecule has 0 N–H and O–H groups in total. The van der Waals surface area contributed by atoms with E-state index in [9.17, 15) is 0 Å². The summed E-state index contributed by atoms with van der Waals surface area (Å²) >= 11 is 9.95. The van der Waals surface area contributed by atoms with Crippen LogP contribution >= 0.6 is 27.5 Å². The van der Waals surface area contributed by atoms with Crippen molar-refractivity contribution in [1.29, 1.82) is 0 Å². The molecular formula is C13H22BrClN2. The molecule has 0 aliphatic carbocycles. The van der Waals surface area contributed by atoms with Crippen molar-refractivity contribution in [3.8, 4) is 0 Å². The van der Waals surface area contributed by atoms with Gasteiger partial charge >= 0.3 is 0 Å². The Bertz CT molecular complexity index is 366. The second-order valence-electron chi connectivity index (χ2n) is 5.85. The molecule has 1 atom stereocenters. The van der Waals surface area contributed by atoms with Gasteiger partial charge < -0.3 is 0 Å². The summed E-state index contributed by atoms with van der Waals surface area (Å²) in [5, 5.41) is 5.11. The number of nitrogens with zero attached hydrogens (tertiary/aromatic N) is 2. The van der Waals surface area contributed by atoms with Crippen molar-refractivity contribution in [2.24, 2.45) is 5.41 Å². The fourth-order valence-electron chi connectivity index (χ4n) is 1.74. The highest BCUT2D eigenvalue weighted by atomic mass is 79.9. The average molecular weight is 322 g/mol. The summed E-state index contributed by atoms with van der Waals surface area (Å²) in [7, 11) is 0. The Hall–Kier alpha value is -0.0200. The minimum Gasteiger partial charge on any atom is -0.266 e. The smallest absolute Gasteiger partial charge is 0.0817 e. The maximum Gasteiger partial charge on any atom is 0.0817 e. The first-order chi connectivity index (χ1) is 7.73. The highest BCUT2D eigenvalue weighted by Gasteiger charge is 2.22. The van der Waals surface area contributed by atoms with Crippen LogP contribution in [0.2, 0.25) is 5.02 Å². The molecule has 2 nitrogen and oxygen atoms in total. The van der Waals surface area contributed by atoms with E-state index in [2.05, 4.69) is 55.6 Å². The molecule has 4 heteroatoms. The van der Waals surface area contributed by atoms with Gasteiger partial charge in [-0.25, -0.2) is 0 Å². The molecule has 0 amide bonds. The molecule has 1 aromatic heterocycles. The SMILES string of the molecule is CC(C)n1ncc(Cl)c1CCC(Br)C(C)(C)C. The van der Waals surface area contributed by atoms with Gasteiger partial charge in [0.15, 0.2) is 0 Å². The minimum atomic E-state index is 0.273. The van der Waals surface area contributed by atoms with Gasteiger partial charge in [0, 0.05) is 10.9 Å². The van der Waals surface area contributed by atoms with Gasteiger partial charge in [0.25, 0.3) is 0 Å². The lowest BCUT2D eigenvalue weighted by Crippen LogP contribution is -2.21. The second kappa shape index (κ2) is 5.75. The summed E-state index contributed by atoms with van der Waals surface area (Å²) < 4.78 is 2.02. The highest BCUT2D eigenvalue weighted by molar-refractivity contribution is 9.09. The van der Waals surface area contributed by atoms with Gasteiger partial charge in [0.1, 0.15) is 0 Å². The average Bonchev–Trinajstić information content (AvgIpc) is 2.54. The Morgan fingerprint density at radius 1 is 1.41 bits per heavy atom. The van der Waals surface area contributed by atoms with Gasteiger partial charge in [-0.15, -0.1) is 0 Å². The molecule has 1 unspecified atom stereocenters. The Balaban J connectivity index is 2.72. The first-order valence-corrected chi connectivity index (χ1v) is 7.38. The zero-order valence-corrected chi connectivity index (χ0v) is 13.6. The van der Waals surface area contributed by atoms with Crippen molar-refractivity contribution in [3.05, 3.63) is 16.9 Å². The number of alkyl halides is 1. The molecule has 98 valence electrons. The summed E-state index contributed by atoms with van der Waals surface area (Å²) in [4.78, 5) is 0.488. The molecule has 0 bridgehead atoms. The van der Waals surface area contributed by atoms with Crippen LogP contribution in [0.1, 0.15) is 52.8 Å². The van der Waals surface area contributed by atoms with Gasteiger partial charge in [-0.3, -0.25) is 4.68 Å². The van der Waals surface area contributed by atoms with Crippen LogP contribution in [-0.2, 0) is 6.42 Å². The molecule has 0 aliphatic heterocycles. The Morgan fingerprint density at radius 3 is 2.47 bits per heavy atom. The van der Waals surface area contributed by atoms with Crippen molar-refractivity contribution in [2.45, 2.75) is 58.3 Å². The second-order valence-corrected chi connectivity index (χ2v) is 7.36. The Morgan fingerprint density at radius 2 is 2.00 bits per heavy atom. The van der Waals surface area contributed by atoms with E-state index in [1.54, 1.807) is 6.20 Å². The van der Waals surface area contributed by atoms with Crippen LogP contribution in [0.25, 0.3) is 0 Å². The van der Waals surface area contributed by atoms with E-state index in [0.29, 0.717) is 10.9 Å². The van der Waals surface area contributed by atoms with Gasteiger partial charge in [0.2, 0.25) is 0 Å². The van der Waals surface area contributed by atoms with E-state index in [-0.39, 0.29) is 5.41 Å². The standard InChI is InChI=1S/C13H22BrClN2/c1-9(2)17-11(10(15)8-16-17)6-7-12(14)13(3,4)5/h8-9,12H,6-7H2,1-5H3. The molecule has 0 radical (unpaired) electrons. The monoisotopic (exact) mass is 320 g/mol. The quantitative estimate of drug-likeness (QED) is 0.724. The molecule has 17 heavy (non-hydrogen) atoms. The summed E-state index contributed by atoms with van der Waals surface area (Å²) in [5.74, 6) is 0. The van der Waals surface area contributed by atoms with E-state index in [1.165, 1.54) is 0 Å². The van der Waals surface area contributed by atoms with E-state index >= 15 is 0 Å². The molecule has 1 aromatic rings. The molecule has 0 fully saturated rings. The molecule has 0 saturated carbocycles. The molecule has 0 aromatic carbocycles. The number of hydrogen-bond donors (Lipinski definition) is 0. The van der Waals surface area contributed by atoms with Crippen LogP contribution in [0.3, 0.4) is 0 Å². The van der Waals surface area contributed by atoms with Crippen LogP contribution < -0.4 is 0 Å². The topological polar surface area (TPSA) is 17.8 Å². The van der Waals surface area contributed by atoms with E-state index < -0.39 is 0 Å². The summed E-state index contributed by atoms with van der Waals surface area (Å²) in [6.45, 7) is 11.0. The van der Waals surface area contributed by atoms with Crippen molar-refractivity contribution >= 4 is 27.5 Å². The van der Waals surface area contributed by atoms with Crippen LogP contribution in [0, 0.1) is 5.41 Å². The van der Waals surface area contributed by atoms with Crippen LogP contribution in [-0.4, -0.2) is 14.6 Å². The Kier molecular flexibility index (Phi) is 5.08. The van der Waals surface area contributed by atoms with E-state index in [4.69, 9.17) is 11.6 Å². The molecule has 1 heterocycles. The predicted molar refractivity (Wildman–Crippen MR) is 78.1 cm³/mol. The summed E-state index contributed by atoms with van der Waals surface area (Å²) in [6.07, 6.45) is 3.78. The molecule has 1 rings (SSSR count). The molecule has 0 spiro atoms. The Labute approximate surface area is 118 Å². The third kappa shape index (κ3) is 3.99. The number of aromatic nitrogens is 2. The first kappa shape index (κ1) is 15.0. The van der Waals surface area contributed by atoms with Gasteiger partial charge in [-0.1, -0.05) is 48.3 Å². The highest BCUT2D eigenvalue weighted by Crippen LogP contribution is 2.31. The van der Waals surface area contributed by atoms with Crippen molar-refractivity contribution in [3.63, 3.8) is 0 Å². The summed E-state index contributed by atoms with van der Waals surface area (Å²) in [5.41, 5.74) is 1.42. The molecule has 0 saturated heterocycles. The first-order valence-electron chi connectivity index (χ1n) is 6.09. The van der Waals surface area contributed by atoms with Gasteiger partial charge in [0.05, 0.1) is 16.9 Å². The van der Waals surface area contributed by atoms with Crippen molar-refractivity contribution in [2.75, 3.05) is 0 Å². The lowest BCUT2D eigenvalue weighted by molar-refractivity contribution is 0.381. The van der Waals surface area contributed by atoms with Gasteiger partial charge in [-0.2, -0.15) is 5.10 Å². The number of halogens is 2. The molecular weight excluding hydrogens is 300 g/mol. The maximum atomic E-state index is 6.19. The zero-order chi connectivity index (χ0) is 13.2. The fourth-order valence-corrected chi connectivity index (χ4v) is 2.20.